The molecule has 1 unspecified atom stereocenters. The van der Waals surface area contributed by atoms with Crippen LogP contribution in [0.3, 0.4) is 0 Å². The van der Waals surface area contributed by atoms with E-state index in [1.54, 1.807) is 0 Å². The second kappa shape index (κ2) is 7.67. The van der Waals surface area contributed by atoms with Gasteiger partial charge in [-0.2, -0.15) is 0 Å². The molecule has 1 fully saturated rings. The minimum atomic E-state index is -3.67. The van der Waals surface area contributed by atoms with Gasteiger partial charge in [0, 0.05) is 18.3 Å². The highest BCUT2D eigenvalue weighted by Crippen LogP contribution is 2.38. The first kappa shape index (κ1) is 19.7. The summed E-state index contributed by atoms with van der Waals surface area (Å²) in [6.07, 6.45) is 8.58. The maximum atomic E-state index is 12.5. The van der Waals surface area contributed by atoms with E-state index in [2.05, 4.69) is 21.0 Å². The number of urea groups is 1. The fourth-order valence-electron chi connectivity index (χ4n) is 4.87. The topological polar surface area (TPSA) is 78.5 Å². The van der Waals surface area contributed by atoms with Gasteiger partial charge in [0.2, 0.25) is 10.0 Å². The molecule has 0 radical (unpaired) electrons. The summed E-state index contributed by atoms with van der Waals surface area (Å²) in [7, 11) is -1.63. The summed E-state index contributed by atoms with van der Waals surface area (Å²) in [4.78, 5) is 14.8. The molecular formula is C21H31N3O3S. The number of rotatable bonds is 7. The second-order valence-electron chi connectivity index (χ2n) is 8.85. The van der Waals surface area contributed by atoms with Gasteiger partial charge < -0.3 is 10.2 Å². The molecule has 0 aromatic heterocycles. The lowest BCUT2D eigenvalue weighted by atomic mass is 9.99. The normalized spacial score (nSPS) is 19.4. The number of anilines is 1. The Hall–Kier alpha value is -1.60. The number of amides is 2. The van der Waals surface area contributed by atoms with Gasteiger partial charge in [-0.15, -0.1) is 0 Å². The molecule has 154 valence electrons. The molecule has 3 aliphatic carbocycles. The van der Waals surface area contributed by atoms with Gasteiger partial charge in [-0.05, 0) is 86.6 Å². The highest BCUT2D eigenvalue weighted by molar-refractivity contribution is 7.90. The van der Waals surface area contributed by atoms with Gasteiger partial charge in [0.15, 0.2) is 0 Å². The van der Waals surface area contributed by atoms with Gasteiger partial charge in [-0.1, -0.05) is 13.0 Å². The number of nitrogens with zero attached hydrogens (tertiary/aromatic N) is 1. The number of hydrogen-bond donors (Lipinski definition) is 2. The van der Waals surface area contributed by atoms with Crippen LogP contribution >= 0.6 is 0 Å². The maximum Gasteiger partial charge on any atom is 0.332 e. The number of benzene rings is 1. The highest BCUT2D eigenvalue weighted by atomic mass is 32.2. The molecule has 28 heavy (non-hydrogen) atoms. The fourth-order valence-corrected chi connectivity index (χ4v) is 6.14. The summed E-state index contributed by atoms with van der Waals surface area (Å²) in [5.41, 5.74) is 5.91. The molecule has 0 spiro atoms. The standard InChI is InChI=1S/C21H31N3O3S/c1-14(12-24(2)17-9-10-17)13-28(26,27)23-21(25)22-20-18-7-3-5-15(18)11-16-6-4-8-19(16)20/h11,14,17H,3-10,12-13H2,1-2H3,(H2,22,23,25). The minimum absolute atomic E-state index is 0.0267. The zero-order valence-electron chi connectivity index (χ0n) is 16.9. The van der Waals surface area contributed by atoms with Crippen molar-refractivity contribution in [2.45, 2.75) is 64.3 Å². The monoisotopic (exact) mass is 405 g/mol. The zero-order valence-corrected chi connectivity index (χ0v) is 17.7. The predicted molar refractivity (Wildman–Crippen MR) is 111 cm³/mol. The van der Waals surface area contributed by atoms with E-state index in [-0.39, 0.29) is 11.7 Å². The molecule has 1 aromatic rings. The van der Waals surface area contributed by atoms with Gasteiger partial charge in [0.05, 0.1) is 5.75 Å². The van der Waals surface area contributed by atoms with Crippen LogP contribution in [0, 0.1) is 5.92 Å². The highest BCUT2D eigenvalue weighted by Gasteiger charge is 2.29. The maximum absolute atomic E-state index is 12.5. The van der Waals surface area contributed by atoms with Gasteiger partial charge >= 0.3 is 6.03 Å². The van der Waals surface area contributed by atoms with Crippen molar-refractivity contribution >= 4 is 21.7 Å². The molecule has 1 aromatic carbocycles. The number of carbonyl (C=O) groups excluding carboxylic acids is 1. The average molecular weight is 406 g/mol. The number of sulfonamides is 1. The SMILES string of the molecule is CC(CN(C)C1CC1)CS(=O)(=O)NC(=O)Nc1c2c(cc3c1CCC3)CCC2. The Bertz CT molecular complexity index is 845. The van der Waals surface area contributed by atoms with E-state index in [0.29, 0.717) is 6.04 Å². The van der Waals surface area contributed by atoms with Crippen LogP contribution in [0.15, 0.2) is 6.07 Å². The van der Waals surface area contributed by atoms with Crippen molar-refractivity contribution in [1.82, 2.24) is 9.62 Å². The van der Waals surface area contributed by atoms with Crippen molar-refractivity contribution in [2.24, 2.45) is 5.92 Å². The molecular weight excluding hydrogens is 374 g/mol. The fraction of sp³-hybridized carbons (Fsp3) is 0.667. The Labute approximate surface area is 168 Å². The van der Waals surface area contributed by atoms with Gasteiger partial charge in [0.25, 0.3) is 0 Å². The molecule has 0 bridgehead atoms. The Morgan fingerprint density at radius 1 is 1.14 bits per heavy atom. The molecule has 6 nitrogen and oxygen atoms in total. The van der Waals surface area contributed by atoms with Crippen molar-refractivity contribution in [3.05, 3.63) is 28.3 Å². The van der Waals surface area contributed by atoms with Crippen LogP contribution in [-0.4, -0.2) is 44.7 Å². The van der Waals surface area contributed by atoms with Crippen molar-refractivity contribution in [1.29, 1.82) is 0 Å². The van der Waals surface area contributed by atoms with Crippen LogP contribution < -0.4 is 10.0 Å². The second-order valence-corrected chi connectivity index (χ2v) is 10.6. The van der Waals surface area contributed by atoms with E-state index >= 15 is 0 Å². The smallest absolute Gasteiger partial charge is 0.307 e. The lowest BCUT2D eigenvalue weighted by molar-refractivity contribution is 0.256. The molecule has 2 N–H and O–H groups in total. The van der Waals surface area contributed by atoms with Crippen molar-refractivity contribution in [2.75, 3.05) is 24.7 Å². The van der Waals surface area contributed by atoms with Crippen LogP contribution in [0.2, 0.25) is 0 Å². The largest absolute Gasteiger partial charge is 0.332 e. The molecule has 2 amide bonds. The molecule has 4 rings (SSSR count). The van der Waals surface area contributed by atoms with Gasteiger partial charge in [-0.25, -0.2) is 17.9 Å². The molecule has 3 aliphatic rings. The van der Waals surface area contributed by atoms with E-state index in [4.69, 9.17) is 0 Å². The third kappa shape index (κ3) is 4.35. The first-order valence-corrected chi connectivity index (χ1v) is 12.2. The molecule has 7 heteroatoms. The molecule has 1 atom stereocenters. The van der Waals surface area contributed by atoms with E-state index in [0.717, 1.165) is 50.8 Å². The summed E-state index contributed by atoms with van der Waals surface area (Å²) in [6.45, 7) is 2.65. The molecule has 1 saturated carbocycles. The van der Waals surface area contributed by atoms with E-state index < -0.39 is 16.1 Å². The van der Waals surface area contributed by atoms with E-state index in [9.17, 15) is 13.2 Å². The third-order valence-electron chi connectivity index (χ3n) is 6.23. The third-order valence-corrected chi connectivity index (χ3v) is 7.74. The summed E-state index contributed by atoms with van der Waals surface area (Å²) in [5, 5.41) is 2.90. The predicted octanol–water partition coefficient (Wildman–Crippen LogP) is 2.85. The number of fused-ring (bicyclic) bond motifs is 2. The van der Waals surface area contributed by atoms with Crippen molar-refractivity contribution in [3.8, 4) is 0 Å². The molecule has 0 heterocycles. The number of aryl methyl sites for hydroxylation is 2. The summed E-state index contributed by atoms with van der Waals surface area (Å²) in [6, 6.07) is 2.27. The van der Waals surface area contributed by atoms with Crippen LogP contribution in [-0.2, 0) is 35.7 Å². The summed E-state index contributed by atoms with van der Waals surface area (Å²) in [5.74, 6) is -0.0659. The Morgan fingerprint density at radius 2 is 1.75 bits per heavy atom. The minimum Gasteiger partial charge on any atom is -0.307 e. The lowest BCUT2D eigenvalue weighted by Gasteiger charge is -2.21. The first-order valence-electron chi connectivity index (χ1n) is 10.5. The molecule has 0 aliphatic heterocycles. The zero-order chi connectivity index (χ0) is 19.9. The van der Waals surface area contributed by atoms with Gasteiger partial charge in [0.1, 0.15) is 0 Å². The Kier molecular flexibility index (Phi) is 5.40. The van der Waals surface area contributed by atoms with Crippen molar-refractivity contribution in [3.63, 3.8) is 0 Å². The van der Waals surface area contributed by atoms with Crippen LogP contribution in [0.4, 0.5) is 10.5 Å². The van der Waals surface area contributed by atoms with Crippen molar-refractivity contribution < 1.29 is 13.2 Å². The van der Waals surface area contributed by atoms with Crippen LogP contribution in [0.5, 0.6) is 0 Å². The lowest BCUT2D eigenvalue weighted by Crippen LogP contribution is -2.39. The quantitative estimate of drug-likeness (QED) is 0.731. The number of hydrogen-bond acceptors (Lipinski definition) is 4. The van der Waals surface area contributed by atoms with Crippen LogP contribution in [0.25, 0.3) is 0 Å². The Balaban J connectivity index is 1.40. The first-order chi connectivity index (χ1) is 13.3. The average Bonchev–Trinajstić information content (AvgIpc) is 3.16. The summed E-state index contributed by atoms with van der Waals surface area (Å²) < 4.78 is 27.2. The van der Waals surface area contributed by atoms with E-state index in [1.165, 1.54) is 35.1 Å². The number of nitrogens with one attached hydrogen (secondary N) is 2. The Morgan fingerprint density at radius 3 is 2.32 bits per heavy atom. The van der Waals surface area contributed by atoms with E-state index in [1.807, 2.05) is 14.0 Å². The summed E-state index contributed by atoms with van der Waals surface area (Å²) >= 11 is 0. The number of carbonyl (C=O) groups is 1. The van der Waals surface area contributed by atoms with Gasteiger partial charge in [-0.3, -0.25) is 0 Å². The molecule has 0 saturated heterocycles. The van der Waals surface area contributed by atoms with Crippen LogP contribution in [0.1, 0.15) is 54.9 Å².